The molecule has 0 bridgehead atoms. The number of hydrogen-bond acceptors (Lipinski definition) is 3. The van der Waals surface area contributed by atoms with Crippen LogP contribution in [0.1, 0.15) is 37.6 Å². The molecule has 1 amide bonds. The third kappa shape index (κ3) is 2.96. The Morgan fingerprint density at radius 1 is 1.42 bits per heavy atom. The molecule has 19 heavy (non-hydrogen) atoms. The highest BCUT2D eigenvalue weighted by atomic mass is 16.3. The number of primary amides is 1. The Kier molecular flexibility index (Phi) is 4.22. The van der Waals surface area contributed by atoms with Gasteiger partial charge in [-0.1, -0.05) is 25.1 Å². The molecule has 3 N–H and O–H groups in total. The van der Waals surface area contributed by atoms with E-state index < -0.39 is 0 Å². The summed E-state index contributed by atoms with van der Waals surface area (Å²) in [5, 5.41) is 4.44. The van der Waals surface area contributed by atoms with Crippen LogP contribution in [-0.2, 0) is 11.2 Å². The van der Waals surface area contributed by atoms with Gasteiger partial charge in [-0.05, 0) is 19.4 Å². The molecule has 0 fully saturated rings. The van der Waals surface area contributed by atoms with Crippen LogP contribution in [0.25, 0.3) is 11.0 Å². The molecule has 1 atom stereocenters. The number of para-hydroxylation sites is 1. The lowest BCUT2D eigenvalue weighted by atomic mass is 10.1. The average molecular weight is 260 g/mol. The van der Waals surface area contributed by atoms with Crippen LogP contribution < -0.4 is 11.1 Å². The zero-order chi connectivity index (χ0) is 13.8. The standard InChI is InChI=1S/C15H20N2O2/c1-3-11-12-6-4-5-7-13(12)19-15(11)10(2)17-9-8-14(16)18/h4-7,10,17H,3,8-9H2,1-2H3,(H2,16,18). The molecule has 0 radical (unpaired) electrons. The molecule has 4 nitrogen and oxygen atoms in total. The number of nitrogens with two attached hydrogens (primary N) is 1. The van der Waals surface area contributed by atoms with Crippen molar-refractivity contribution >= 4 is 16.9 Å². The van der Waals surface area contributed by atoms with Crippen LogP contribution in [0.15, 0.2) is 28.7 Å². The fraction of sp³-hybridized carbons (Fsp3) is 0.400. The van der Waals surface area contributed by atoms with Crippen molar-refractivity contribution in [3.05, 3.63) is 35.6 Å². The summed E-state index contributed by atoms with van der Waals surface area (Å²) in [7, 11) is 0. The molecule has 4 heteroatoms. The third-order valence-electron chi connectivity index (χ3n) is 3.30. The predicted octanol–water partition coefficient (Wildman–Crippen LogP) is 2.52. The van der Waals surface area contributed by atoms with Gasteiger partial charge in [-0.3, -0.25) is 4.79 Å². The number of carbonyl (C=O) groups excluding carboxylic acids is 1. The van der Waals surface area contributed by atoms with E-state index in [1.54, 1.807) is 0 Å². The average Bonchev–Trinajstić information content (AvgIpc) is 2.76. The van der Waals surface area contributed by atoms with Gasteiger partial charge in [0.1, 0.15) is 11.3 Å². The minimum absolute atomic E-state index is 0.0710. The summed E-state index contributed by atoms with van der Waals surface area (Å²) in [6.07, 6.45) is 1.26. The van der Waals surface area contributed by atoms with Gasteiger partial charge in [0.2, 0.25) is 5.91 Å². The number of carbonyl (C=O) groups is 1. The lowest BCUT2D eigenvalue weighted by Crippen LogP contribution is -2.24. The zero-order valence-corrected chi connectivity index (χ0v) is 11.4. The second-order valence-corrected chi connectivity index (χ2v) is 4.69. The van der Waals surface area contributed by atoms with Crippen molar-refractivity contribution in [3.63, 3.8) is 0 Å². The monoisotopic (exact) mass is 260 g/mol. The summed E-state index contributed by atoms with van der Waals surface area (Å²) in [6, 6.07) is 8.12. The number of benzene rings is 1. The fourth-order valence-electron chi connectivity index (χ4n) is 2.34. The lowest BCUT2D eigenvalue weighted by molar-refractivity contribution is -0.117. The SMILES string of the molecule is CCc1c(C(C)NCCC(N)=O)oc2ccccc12. The third-order valence-corrected chi connectivity index (χ3v) is 3.30. The summed E-state index contributed by atoms with van der Waals surface area (Å²) < 4.78 is 5.93. The molecule has 0 aliphatic carbocycles. The second-order valence-electron chi connectivity index (χ2n) is 4.69. The maximum atomic E-state index is 10.7. The predicted molar refractivity (Wildman–Crippen MR) is 75.8 cm³/mol. The Balaban J connectivity index is 2.21. The highest BCUT2D eigenvalue weighted by Crippen LogP contribution is 2.30. The van der Waals surface area contributed by atoms with Crippen LogP contribution in [0.5, 0.6) is 0 Å². The van der Waals surface area contributed by atoms with Crippen LogP contribution in [0.2, 0.25) is 0 Å². The molecule has 2 rings (SSSR count). The normalized spacial score (nSPS) is 12.7. The van der Waals surface area contributed by atoms with Crippen molar-refractivity contribution < 1.29 is 9.21 Å². The van der Waals surface area contributed by atoms with Crippen molar-refractivity contribution in [1.82, 2.24) is 5.32 Å². The topological polar surface area (TPSA) is 68.3 Å². The second kappa shape index (κ2) is 5.89. The first-order valence-corrected chi connectivity index (χ1v) is 6.65. The van der Waals surface area contributed by atoms with Crippen LogP contribution in [0, 0.1) is 0 Å². The highest BCUT2D eigenvalue weighted by molar-refractivity contribution is 5.82. The molecule has 1 aromatic carbocycles. The Morgan fingerprint density at radius 3 is 2.84 bits per heavy atom. The number of nitrogens with one attached hydrogen (secondary N) is 1. The number of rotatable bonds is 6. The van der Waals surface area contributed by atoms with Gasteiger partial charge < -0.3 is 15.5 Å². The first-order chi connectivity index (χ1) is 9.13. The van der Waals surface area contributed by atoms with Gasteiger partial charge in [0.25, 0.3) is 0 Å². The van der Waals surface area contributed by atoms with E-state index in [2.05, 4.69) is 18.3 Å². The van der Waals surface area contributed by atoms with Crippen molar-refractivity contribution in [3.8, 4) is 0 Å². The summed E-state index contributed by atoms with van der Waals surface area (Å²) in [4.78, 5) is 10.7. The first-order valence-electron chi connectivity index (χ1n) is 6.65. The van der Waals surface area contributed by atoms with Gasteiger partial charge in [-0.2, -0.15) is 0 Å². The Morgan fingerprint density at radius 2 is 2.16 bits per heavy atom. The summed E-state index contributed by atoms with van der Waals surface area (Å²) in [6.45, 7) is 4.73. The van der Waals surface area contributed by atoms with E-state index in [4.69, 9.17) is 10.2 Å². The number of aryl methyl sites for hydroxylation is 1. The highest BCUT2D eigenvalue weighted by Gasteiger charge is 2.17. The molecule has 0 spiro atoms. The molecule has 102 valence electrons. The van der Waals surface area contributed by atoms with Crippen molar-refractivity contribution in [2.24, 2.45) is 5.73 Å². The minimum atomic E-state index is -0.292. The zero-order valence-electron chi connectivity index (χ0n) is 11.4. The Hall–Kier alpha value is -1.81. The smallest absolute Gasteiger partial charge is 0.218 e. The quantitative estimate of drug-likeness (QED) is 0.838. The molecular weight excluding hydrogens is 240 g/mol. The number of hydrogen-bond donors (Lipinski definition) is 2. The molecule has 0 saturated carbocycles. The summed E-state index contributed by atoms with van der Waals surface area (Å²) in [5.41, 5.74) is 7.28. The molecule has 1 unspecified atom stereocenters. The van der Waals surface area contributed by atoms with Gasteiger partial charge in [-0.15, -0.1) is 0 Å². The number of fused-ring (bicyclic) bond motifs is 1. The number of amides is 1. The largest absolute Gasteiger partial charge is 0.459 e. The Labute approximate surface area is 113 Å². The van der Waals surface area contributed by atoms with E-state index in [0.717, 1.165) is 17.8 Å². The first kappa shape index (κ1) is 13.6. The summed E-state index contributed by atoms with van der Waals surface area (Å²) >= 11 is 0. The van der Waals surface area contributed by atoms with Crippen molar-refractivity contribution in [1.29, 1.82) is 0 Å². The van der Waals surface area contributed by atoms with E-state index in [1.807, 2.05) is 25.1 Å². The van der Waals surface area contributed by atoms with E-state index in [9.17, 15) is 4.79 Å². The number of furan rings is 1. The van der Waals surface area contributed by atoms with E-state index >= 15 is 0 Å². The maximum absolute atomic E-state index is 10.7. The van der Waals surface area contributed by atoms with E-state index in [1.165, 1.54) is 10.9 Å². The minimum Gasteiger partial charge on any atom is -0.459 e. The van der Waals surface area contributed by atoms with Crippen LogP contribution in [0.3, 0.4) is 0 Å². The molecule has 0 aliphatic heterocycles. The van der Waals surface area contributed by atoms with Crippen LogP contribution in [0.4, 0.5) is 0 Å². The summed E-state index contributed by atoms with van der Waals surface area (Å²) in [5.74, 6) is 0.660. The van der Waals surface area contributed by atoms with Gasteiger partial charge in [-0.25, -0.2) is 0 Å². The van der Waals surface area contributed by atoms with E-state index in [0.29, 0.717) is 13.0 Å². The van der Waals surface area contributed by atoms with Gasteiger partial charge in [0.15, 0.2) is 0 Å². The molecule has 1 heterocycles. The van der Waals surface area contributed by atoms with Gasteiger partial charge in [0, 0.05) is 23.9 Å². The lowest BCUT2D eigenvalue weighted by Gasteiger charge is -2.12. The molecular formula is C15H20N2O2. The van der Waals surface area contributed by atoms with E-state index in [-0.39, 0.29) is 11.9 Å². The fourth-order valence-corrected chi connectivity index (χ4v) is 2.34. The molecule has 0 saturated heterocycles. The van der Waals surface area contributed by atoms with Gasteiger partial charge in [0.05, 0.1) is 6.04 Å². The Bertz CT molecular complexity index is 575. The molecule has 0 aliphatic rings. The molecule has 1 aromatic heterocycles. The van der Waals surface area contributed by atoms with Gasteiger partial charge >= 0.3 is 0 Å². The van der Waals surface area contributed by atoms with Crippen LogP contribution >= 0.6 is 0 Å². The van der Waals surface area contributed by atoms with Crippen molar-refractivity contribution in [2.45, 2.75) is 32.7 Å². The van der Waals surface area contributed by atoms with Crippen molar-refractivity contribution in [2.75, 3.05) is 6.54 Å². The maximum Gasteiger partial charge on any atom is 0.218 e. The van der Waals surface area contributed by atoms with Crippen LogP contribution in [-0.4, -0.2) is 12.5 Å². The molecule has 2 aromatic rings.